The fourth-order valence-corrected chi connectivity index (χ4v) is 2.87. The predicted octanol–water partition coefficient (Wildman–Crippen LogP) is 4.10. The van der Waals surface area contributed by atoms with E-state index in [1.807, 2.05) is 0 Å². The van der Waals surface area contributed by atoms with E-state index in [1.165, 1.54) is 30.4 Å². The molecule has 3 rings (SSSR count). The zero-order chi connectivity index (χ0) is 14.1. The average Bonchev–Trinajstić information content (AvgIpc) is 3.18. The summed E-state index contributed by atoms with van der Waals surface area (Å²) in [6.07, 6.45) is 5.84. The summed E-state index contributed by atoms with van der Waals surface area (Å²) in [7, 11) is 0. The van der Waals surface area contributed by atoms with E-state index in [9.17, 15) is 4.79 Å². The third-order valence-electron chi connectivity index (χ3n) is 4.72. The topological polar surface area (TPSA) is 20.3 Å². The molecule has 0 N–H and O–H groups in total. The van der Waals surface area contributed by atoms with Gasteiger partial charge in [0.1, 0.15) is 0 Å². The van der Waals surface area contributed by atoms with Crippen molar-refractivity contribution in [2.24, 2.45) is 5.92 Å². The van der Waals surface area contributed by atoms with Crippen LogP contribution in [0.3, 0.4) is 0 Å². The normalized spacial score (nSPS) is 18.9. The number of amides is 1. The Morgan fingerprint density at radius 3 is 2.25 bits per heavy atom. The molecule has 108 valence electrons. The summed E-state index contributed by atoms with van der Waals surface area (Å²) in [6, 6.07) is 9.32. The zero-order valence-corrected chi connectivity index (χ0v) is 12.6. The minimum absolute atomic E-state index is 0.325. The maximum atomic E-state index is 12.5. The van der Waals surface area contributed by atoms with E-state index >= 15 is 0 Å². The first-order valence-corrected chi connectivity index (χ1v) is 8.04. The van der Waals surface area contributed by atoms with Crippen molar-refractivity contribution < 1.29 is 4.79 Å². The van der Waals surface area contributed by atoms with Crippen molar-refractivity contribution in [3.05, 3.63) is 35.4 Å². The molecule has 2 aliphatic rings. The van der Waals surface area contributed by atoms with E-state index in [0.717, 1.165) is 19.4 Å². The van der Waals surface area contributed by atoms with Crippen LogP contribution in [-0.2, 0) is 11.3 Å². The lowest BCUT2D eigenvalue weighted by Crippen LogP contribution is -2.39. The van der Waals surface area contributed by atoms with Crippen LogP contribution in [0.2, 0.25) is 0 Å². The van der Waals surface area contributed by atoms with Crippen LogP contribution in [0.1, 0.15) is 63.0 Å². The highest BCUT2D eigenvalue weighted by Gasteiger charge is 2.37. The van der Waals surface area contributed by atoms with Gasteiger partial charge in [-0.15, -0.1) is 0 Å². The molecule has 2 nitrogen and oxygen atoms in total. The van der Waals surface area contributed by atoms with Crippen LogP contribution in [0.15, 0.2) is 24.3 Å². The van der Waals surface area contributed by atoms with Crippen molar-refractivity contribution >= 4 is 5.91 Å². The van der Waals surface area contributed by atoms with Crippen molar-refractivity contribution in [3.63, 3.8) is 0 Å². The van der Waals surface area contributed by atoms with Gasteiger partial charge < -0.3 is 4.90 Å². The maximum absolute atomic E-state index is 12.5. The summed E-state index contributed by atoms with van der Waals surface area (Å²) in [5.41, 5.74) is 2.64. The second kappa shape index (κ2) is 5.59. The largest absolute Gasteiger partial charge is 0.335 e. The number of carbonyl (C=O) groups excluding carboxylic acids is 1. The molecule has 2 aliphatic carbocycles. The average molecular weight is 271 g/mol. The smallest absolute Gasteiger partial charge is 0.226 e. The summed E-state index contributed by atoms with van der Waals surface area (Å²) in [5.74, 6) is 1.30. The molecule has 0 heterocycles. The maximum Gasteiger partial charge on any atom is 0.226 e. The molecule has 1 aromatic carbocycles. The summed E-state index contributed by atoms with van der Waals surface area (Å²) in [6.45, 7) is 5.23. The van der Waals surface area contributed by atoms with Gasteiger partial charge in [0.15, 0.2) is 0 Å². The van der Waals surface area contributed by atoms with Crippen LogP contribution >= 0.6 is 0 Å². The van der Waals surface area contributed by atoms with E-state index in [0.29, 0.717) is 23.8 Å². The predicted molar refractivity (Wildman–Crippen MR) is 81.4 cm³/mol. The van der Waals surface area contributed by atoms with Crippen molar-refractivity contribution in [2.45, 2.75) is 64.5 Å². The third-order valence-corrected chi connectivity index (χ3v) is 4.72. The Bertz CT molecular complexity index is 469. The standard InChI is InChI=1S/C18H25NO/c1-13(2)15-8-6-14(7-9-15)12-19(17-10-11-17)18(20)16-4-3-5-16/h6-9,13,16-17H,3-5,10-12H2,1-2H3. The number of carbonyl (C=O) groups is 1. The van der Waals surface area contributed by atoms with Gasteiger partial charge in [-0.05, 0) is 42.7 Å². The minimum Gasteiger partial charge on any atom is -0.335 e. The lowest BCUT2D eigenvalue weighted by atomic mass is 9.84. The number of benzene rings is 1. The Morgan fingerprint density at radius 2 is 1.80 bits per heavy atom. The van der Waals surface area contributed by atoms with Crippen LogP contribution < -0.4 is 0 Å². The van der Waals surface area contributed by atoms with Crippen LogP contribution in [0.4, 0.5) is 0 Å². The highest BCUT2D eigenvalue weighted by molar-refractivity contribution is 5.80. The number of nitrogens with zero attached hydrogens (tertiary/aromatic N) is 1. The highest BCUT2D eigenvalue weighted by Crippen LogP contribution is 2.35. The highest BCUT2D eigenvalue weighted by atomic mass is 16.2. The summed E-state index contributed by atoms with van der Waals surface area (Å²) in [5, 5.41) is 0. The zero-order valence-electron chi connectivity index (χ0n) is 12.6. The molecule has 0 aromatic heterocycles. The first-order valence-electron chi connectivity index (χ1n) is 8.04. The van der Waals surface area contributed by atoms with Crippen LogP contribution in [-0.4, -0.2) is 16.8 Å². The van der Waals surface area contributed by atoms with Gasteiger partial charge in [-0.2, -0.15) is 0 Å². The molecule has 0 saturated heterocycles. The SMILES string of the molecule is CC(C)c1ccc(CN(C(=O)C2CCC2)C2CC2)cc1. The Morgan fingerprint density at radius 1 is 1.15 bits per heavy atom. The molecule has 1 amide bonds. The molecule has 1 aromatic rings. The van der Waals surface area contributed by atoms with Gasteiger partial charge in [-0.1, -0.05) is 44.5 Å². The molecular formula is C18H25NO. The molecule has 0 bridgehead atoms. The van der Waals surface area contributed by atoms with E-state index in [1.54, 1.807) is 0 Å². The summed E-state index contributed by atoms with van der Waals surface area (Å²) >= 11 is 0. The van der Waals surface area contributed by atoms with Crippen molar-refractivity contribution in [1.29, 1.82) is 0 Å². The first kappa shape index (κ1) is 13.7. The van der Waals surface area contributed by atoms with Crippen LogP contribution in [0.5, 0.6) is 0 Å². The summed E-state index contributed by atoms with van der Waals surface area (Å²) in [4.78, 5) is 14.7. The number of rotatable bonds is 5. The fourth-order valence-electron chi connectivity index (χ4n) is 2.87. The second-order valence-electron chi connectivity index (χ2n) is 6.72. The van der Waals surface area contributed by atoms with Gasteiger partial charge in [-0.25, -0.2) is 0 Å². The van der Waals surface area contributed by atoms with E-state index in [2.05, 4.69) is 43.0 Å². The lowest BCUT2D eigenvalue weighted by molar-refractivity contribution is -0.139. The Labute approximate surface area is 122 Å². The van der Waals surface area contributed by atoms with Crippen molar-refractivity contribution in [3.8, 4) is 0 Å². The van der Waals surface area contributed by atoms with Gasteiger partial charge in [0.25, 0.3) is 0 Å². The molecule has 0 unspecified atom stereocenters. The molecule has 2 heteroatoms. The fraction of sp³-hybridized carbons (Fsp3) is 0.611. The Hall–Kier alpha value is -1.31. The van der Waals surface area contributed by atoms with Gasteiger partial charge in [-0.3, -0.25) is 4.79 Å². The quantitative estimate of drug-likeness (QED) is 0.789. The van der Waals surface area contributed by atoms with Gasteiger partial charge in [0.2, 0.25) is 5.91 Å². The van der Waals surface area contributed by atoms with E-state index in [-0.39, 0.29) is 0 Å². The molecular weight excluding hydrogens is 246 g/mol. The number of hydrogen-bond donors (Lipinski definition) is 0. The van der Waals surface area contributed by atoms with Crippen LogP contribution in [0, 0.1) is 5.92 Å². The number of hydrogen-bond acceptors (Lipinski definition) is 1. The first-order chi connectivity index (χ1) is 9.65. The molecule has 2 fully saturated rings. The molecule has 0 radical (unpaired) electrons. The molecule has 2 saturated carbocycles. The molecule has 0 atom stereocenters. The molecule has 20 heavy (non-hydrogen) atoms. The minimum atomic E-state index is 0.325. The van der Waals surface area contributed by atoms with Gasteiger partial charge in [0.05, 0.1) is 0 Å². The lowest BCUT2D eigenvalue weighted by Gasteiger charge is -2.32. The van der Waals surface area contributed by atoms with Crippen LogP contribution in [0.25, 0.3) is 0 Å². The molecule has 0 spiro atoms. The summed E-state index contributed by atoms with van der Waals surface area (Å²) < 4.78 is 0. The van der Waals surface area contributed by atoms with Crippen molar-refractivity contribution in [1.82, 2.24) is 4.90 Å². The third kappa shape index (κ3) is 2.89. The van der Waals surface area contributed by atoms with E-state index < -0.39 is 0 Å². The van der Waals surface area contributed by atoms with Crippen molar-refractivity contribution in [2.75, 3.05) is 0 Å². The molecule has 0 aliphatic heterocycles. The Kier molecular flexibility index (Phi) is 3.82. The monoisotopic (exact) mass is 271 g/mol. The second-order valence-corrected chi connectivity index (χ2v) is 6.72. The Balaban J connectivity index is 1.68. The van der Waals surface area contributed by atoms with Gasteiger partial charge in [0, 0.05) is 18.5 Å². The van der Waals surface area contributed by atoms with E-state index in [4.69, 9.17) is 0 Å². The van der Waals surface area contributed by atoms with Gasteiger partial charge >= 0.3 is 0 Å².